The van der Waals surface area contributed by atoms with E-state index in [0.29, 0.717) is 17.7 Å². The molecule has 0 radical (unpaired) electrons. The van der Waals surface area contributed by atoms with E-state index in [9.17, 15) is 4.79 Å². The molecule has 6 heteroatoms. The third-order valence-electron chi connectivity index (χ3n) is 2.95. The number of carbonyl (C=O) groups excluding carboxylic acids is 1. The summed E-state index contributed by atoms with van der Waals surface area (Å²) in [5.74, 6) is 2.27. The molecule has 0 aromatic heterocycles. The monoisotopic (exact) mass is 346 g/mol. The Balaban J connectivity index is 0.00000220. The zero-order valence-electron chi connectivity index (χ0n) is 12.4. The first-order chi connectivity index (χ1) is 9.65. The maximum absolute atomic E-state index is 12.1. The number of benzene rings is 1. The van der Waals surface area contributed by atoms with Gasteiger partial charge in [-0.3, -0.25) is 4.79 Å². The number of para-hydroxylation sites is 1. The van der Waals surface area contributed by atoms with Gasteiger partial charge in [0.2, 0.25) is 5.91 Å². The van der Waals surface area contributed by atoms with Crippen LogP contribution < -0.4 is 10.6 Å². The predicted octanol–water partition coefficient (Wildman–Crippen LogP) is 3.64. The average molecular weight is 347 g/mol. The van der Waals surface area contributed by atoms with Crippen LogP contribution in [-0.4, -0.2) is 35.2 Å². The van der Waals surface area contributed by atoms with Crippen molar-refractivity contribution in [1.82, 2.24) is 5.32 Å². The maximum Gasteiger partial charge on any atom is 0.226 e. The largest absolute Gasteiger partial charge is 0.325 e. The van der Waals surface area contributed by atoms with Crippen LogP contribution in [-0.2, 0) is 4.79 Å². The first-order valence-electron chi connectivity index (χ1n) is 7.02. The Morgan fingerprint density at radius 1 is 1.48 bits per heavy atom. The number of anilines is 1. The van der Waals surface area contributed by atoms with Gasteiger partial charge in [-0.2, -0.15) is 11.8 Å². The molecule has 1 aromatic carbocycles. The van der Waals surface area contributed by atoms with Crippen molar-refractivity contribution in [2.75, 3.05) is 23.4 Å². The molecule has 0 spiro atoms. The Kier molecular flexibility index (Phi) is 8.56. The second kappa shape index (κ2) is 9.62. The highest BCUT2D eigenvalue weighted by molar-refractivity contribution is 8.00. The van der Waals surface area contributed by atoms with Gasteiger partial charge in [0.25, 0.3) is 0 Å². The normalized spacial score (nSPS) is 18.1. The fraction of sp³-hybridized carbons (Fsp3) is 0.533. The number of carbonyl (C=O) groups is 1. The van der Waals surface area contributed by atoms with Crippen molar-refractivity contribution in [3.05, 3.63) is 24.3 Å². The first kappa shape index (κ1) is 18.7. The molecule has 1 amide bonds. The summed E-state index contributed by atoms with van der Waals surface area (Å²) >= 11 is 3.69. The van der Waals surface area contributed by atoms with Crippen LogP contribution in [0.5, 0.6) is 0 Å². The highest BCUT2D eigenvalue weighted by Crippen LogP contribution is 2.30. The SMILES string of the molecule is CC(C)Sc1ccccc1NC(=O)CC1CSCCN1.Cl. The van der Waals surface area contributed by atoms with Gasteiger partial charge in [-0.15, -0.1) is 24.2 Å². The Hall–Kier alpha value is -0.360. The van der Waals surface area contributed by atoms with E-state index in [2.05, 4.69) is 30.5 Å². The molecule has 0 aliphatic carbocycles. The van der Waals surface area contributed by atoms with E-state index in [-0.39, 0.29) is 18.3 Å². The lowest BCUT2D eigenvalue weighted by Gasteiger charge is -2.22. The van der Waals surface area contributed by atoms with Crippen LogP contribution in [0.25, 0.3) is 0 Å². The topological polar surface area (TPSA) is 41.1 Å². The summed E-state index contributed by atoms with van der Waals surface area (Å²) in [5, 5.41) is 6.95. The van der Waals surface area contributed by atoms with Crippen molar-refractivity contribution >= 4 is 47.5 Å². The number of rotatable bonds is 5. The van der Waals surface area contributed by atoms with Crippen LogP contribution in [0.3, 0.4) is 0 Å². The van der Waals surface area contributed by atoms with Crippen LogP contribution in [0, 0.1) is 0 Å². The van der Waals surface area contributed by atoms with Gasteiger partial charge in [-0.25, -0.2) is 0 Å². The molecule has 1 unspecified atom stereocenters. The van der Waals surface area contributed by atoms with E-state index in [1.54, 1.807) is 11.8 Å². The van der Waals surface area contributed by atoms with E-state index in [4.69, 9.17) is 0 Å². The van der Waals surface area contributed by atoms with Gasteiger partial charge in [-0.1, -0.05) is 26.0 Å². The van der Waals surface area contributed by atoms with Gasteiger partial charge in [-0.05, 0) is 12.1 Å². The van der Waals surface area contributed by atoms with Crippen molar-refractivity contribution in [2.24, 2.45) is 0 Å². The highest BCUT2D eigenvalue weighted by atomic mass is 35.5. The summed E-state index contributed by atoms with van der Waals surface area (Å²) in [5.41, 5.74) is 0.930. The molecular weight excluding hydrogens is 324 g/mol. The summed E-state index contributed by atoms with van der Waals surface area (Å²) in [6.07, 6.45) is 0.549. The van der Waals surface area contributed by atoms with E-state index in [1.807, 2.05) is 30.0 Å². The lowest BCUT2D eigenvalue weighted by molar-refractivity contribution is -0.116. The lowest BCUT2D eigenvalue weighted by atomic mass is 10.2. The fourth-order valence-electron chi connectivity index (χ4n) is 2.10. The van der Waals surface area contributed by atoms with Crippen molar-refractivity contribution in [3.8, 4) is 0 Å². The van der Waals surface area contributed by atoms with Crippen molar-refractivity contribution in [1.29, 1.82) is 0 Å². The summed E-state index contributed by atoms with van der Waals surface area (Å²) in [6.45, 7) is 5.32. The Morgan fingerprint density at radius 3 is 2.90 bits per heavy atom. The number of hydrogen-bond acceptors (Lipinski definition) is 4. The van der Waals surface area contributed by atoms with E-state index in [0.717, 1.165) is 28.6 Å². The molecule has 1 aliphatic rings. The molecule has 1 aromatic rings. The number of hydrogen-bond donors (Lipinski definition) is 2. The zero-order chi connectivity index (χ0) is 14.4. The molecule has 118 valence electrons. The molecule has 2 N–H and O–H groups in total. The second-order valence-electron chi connectivity index (χ2n) is 5.14. The minimum absolute atomic E-state index is 0. The van der Waals surface area contributed by atoms with Gasteiger partial charge in [0.05, 0.1) is 5.69 Å². The molecule has 1 saturated heterocycles. The molecule has 1 heterocycles. The standard InChI is InChI=1S/C15H22N2OS2.ClH/c1-11(2)20-14-6-4-3-5-13(14)17-15(18)9-12-10-19-8-7-16-12;/h3-6,11-12,16H,7-10H2,1-2H3,(H,17,18);1H. The molecule has 1 aliphatic heterocycles. The second-order valence-corrected chi connectivity index (χ2v) is 7.91. The quantitative estimate of drug-likeness (QED) is 0.799. The smallest absolute Gasteiger partial charge is 0.226 e. The Bertz CT molecular complexity index is 451. The number of nitrogens with one attached hydrogen (secondary N) is 2. The Morgan fingerprint density at radius 2 is 2.24 bits per heavy atom. The summed E-state index contributed by atoms with van der Waals surface area (Å²) in [4.78, 5) is 13.3. The maximum atomic E-state index is 12.1. The van der Waals surface area contributed by atoms with Crippen LogP contribution in [0.1, 0.15) is 20.3 Å². The summed E-state index contributed by atoms with van der Waals surface area (Å²) in [6, 6.07) is 8.33. The molecule has 0 bridgehead atoms. The van der Waals surface area contributed by atoms with E-state index in [1.165, 1.54) is 0 Å². The number of amides is 1. The number of halogens is 1. The van der Waals surface area contributed by atoms with Gasteiger partial charge in [0.15, 0.2) is 0 Å². The van der Waals surface area contributed by atoms with Crippen LogP contribution >= 0.6 is 35.9 Å². The molecule has 1 atom stereocenters. The van der Waals surface area contributed by atoms with E-state index >= 15 is 0 Å². The van der Waals surface area contributed by atoms with E-state index < -0.39 is 0 Å². The average Bonchev–Trinajstić information content (AvgIpc) is 2.41. The van der Waals surface area contributed by atoms with Crippen LogP contribution in [0.2, 0.25) is 0 Å². The van der Waals surface area contributed by atoms with Gasteiger partial charge in [0.1, 0.15) is 0 Å². The number of thioether (sulfide) groups is 2. The first-order valence-corrected chi connectivity index (χ1v) is 9.05. The summed E-state index contributed by atoms with van der Waals surface area (Å²) < 4.78 is 0. The molecule has 2 rings (SSSR count). The minimum Gasteiger partial charge on any atom is -0.325 e. The zero-order valence-corrected chi connectivity index (χ0v) is 14.9. The van der Waals surface area contributed by atoms with Crippen molar-refractivity contribution < 1.29 is 4.79 Å². The molecule has 0 saturated carbocycles. The third-order valence-corrected chi connectivity index (χ3v) is 5.17. The summed E-state index contributed by atoms with van der Waals surface area (Å²) in [7, 11) is 0. The minimum atomic E-state index is 0. The lowest BCUT2D eigenvalue weighted by Crippen LogP contribution is -2.39. The third kappa shape index (κ3) is 6.51. The molecule has 3 nitrogen and oxygen atoms in total. The van der Waals surface area contributed by atoms with Crippen LogP contribution in [0.4, 0.5) is 5.69 Å². The van der Waals surface area contributed by atoms with Crippen molar-refractivity contribution in [3.63, 3.8) is 0 Å². The molecule has 1 fully saturated rings. The highest BCUT2D eigenvalue weighted by Gasteiger charge is 2.17. The molecule has 21 heavy (non-hydrogen) atoms. The molecular formula is C15H23ClN2OS2. The Labute approximate surface area is 141 Å². The van der Waals surface area contributed by atoms with Gasteiger partial charge in [0, 0.05) is 40.7 Å². The fourth-order valence-corrected chi connectivity index (χ4v) is 3.96. The van der Waals surface area contributed by atoms with Crippen molar-refractivity contribution in [2.45, 2.75) is 36.5 Å². The predicted molar refractivity (Wildman–Crippen MR) is 97.0 cm³/mol. The van der Waals surface area contributed by atoms with Crippen LogP contribution in [0.15, 0.2) is 29.2 Å². The van der Waals surface area contributed by atoms with Gasteiger partial charge >= 0.3 is 0 Å². The van der Waals surface area contributed by atoms with Gasteiger partial charge < -0.3 is 10.6 Å².